The van der Waals surface area contributed by atoms with Crippen molar-refractivity contribution >= 4 is 5.97 Å². The largest absolute Gasteiger partial charge is 0.489 e. The summed E-state index contributed by atoms with van der Waals surface area (Å²) in [6.07, 6.45) is -0.951. The van der Waals surface area contributed by atoms with E-state index in [1.807, 2.05) is 13.0 Å². The summed E-state index contributed by atoms with van der Waals surface area (Å²) in [7, 11) is 0. The highest BCUT2D eigenvalue weighted by molar-refractivity contribution is 5.72. The molecule has 0 spiro atoms. The second-order valence-electron chi connectivity index (χ2n) is 7.05. The van der Waals surface area contributed by atoms with Crippen LogP contribution in [-0.4, -0.2) is 43.6 Å². The van der Waals surface area contributed by atoms with Crippen LogP contribution in [0, 0.1) is 12.7 Å². The minimum Gasteiger partial charge on any atom is -0.489 e. The molecule has 0 saturated carbocycles. The van der Waals surface area contributed by atoms with E-state index in [0.717, 1.165) is 21.0 Å². The number of aromatic nitrogens is 4. The zero-order chi connectivity index (χ0) is 23.3. The molecule has 0 aliphatic rings. The van der Waals surface area contributed by atoms with Crippen molar-refractivity contribution in [2.45, 2.75) is 39.5 Å². The van der Waals surface area contributed by atoms with Crippen molar-refractivity contribution in [3.8, 4) is 17.2 Å². The van der Waals surface area contributed by atoms with Crippen molar-refractivity contribution in [3.05, 3.63) is 63.8 Å². The molecule has 0 saturated heterocycles. The highest BCUT2D eigenvalue weighted by atomic mass is 19.1. The average molecular weight is 448 g/mol. The third kappa shape index (κ3) is 5.29. The first-order valence-corrected chi connectivity index (χ1v) is 9.80. The molecule has 1 atom stereocenters. The van der Waals surface area contributed by atoms with Gasteiger partial charge in [0.05, 0.1) is 13.2 Å². The molecule has 0 bridgehead atoms. The molecule has 32 heavy (non-hydrogen) atoms. The van der Waals surface area contributed by atoms with E-state index in [2.05, 4.69) is 10.4 Å². The second-order valence-corrected chi connectivity index (χ2v) is 7.05. The highest BCUT2D eigenvalue weighted by Crippen LogP contribution is 2.25. The van der Waals surface area contributed by atoms with Gasteiger partial charge in [-0.25, -0.2) is 14.0 Å². The van der Waals surface area contributed by atoms with Crippen molar-refractivity contribution in [1.82, 2.24) is 19.8 Å². The first-order valence-electron chi connectivity index (χ1n) is 9.80. The summed E-state index contributed by atoms with van der Waals surface area (Å²) in [6.45, 7) is 2.69. The minimum absolute atomic E-state index is 0.0001000. The van der Waals surface area contributed by atoms with Crippen LogP contribution in [0.2, 0.25) is 0 Å². The molecule has 0 fully saturated rings. The van der Waals surface area contributed by atoms with Crippen molar-refractivity contribution in [1.29, 1.82) is 0 Å². The van der Waals surface area contributed by atoms with E-state index in [1.54, 1.807) is 12.1 Å². The maximum atomic E-state index is 14.6. The van der Waals surface area contributed by atoms with E-state index >= 15 is 0 Å². The minimum atomic E-state index is -1.10. The van der Waals surface area contributed by atoms with Crippen molar-refractivity contribution in [2.24, 2.45) is 0 Å². The van der Waals surface area contributed by atoms with Gasteiger partial charge in [-0.1, -0.05) is 12.1 Å². The standard InChI is InChI=1S/C21H22F2N4O5/c1-13-4-5-15(19(10-13)32-14(2)20(28)29)12-31-16-6-7-18(17(23)11-16)27-21(30)26(24-25-27)9-3-8-22/h4-7,10-11,14H,3,8-9,12H2,1-2H3,(H,28,29). The van der Waals surface area contributed by atoms with Crippen LogP contribution in [0.5, 0.6) is 11.5 Å². The number of aryl methyl sites for hydroxylation is 2. The molecule has 170 valence electrons. The molecular formula is C21H22F2N4O5. The van der Waals surface area contributed by atoms with E-state index in [9.17, 15) is 18.4 Å². The van der Waals surface area contributed by atoms with Crippen LogP contribution in [0.4, 0.5) is 8.78 Å². The summed E-state index contributed by atoms with van der Waals surface area (Å²) in [5.41, 5.74) is 0.658. The van der Waals surface area contributed by atoms with Gasteiger partial charge in [-0.3, -0.25) is 4.39 Å². The Hall–Kier alpha value is -3.76. The lowest BCUT2D eigenvalue weighted by atomic mass is 10.1. The van der Waals surface area contributed by atoms with Gasteiger partial charge in [0.2, 0.25) is 0 Å². The molecule has 3 aromatic rings. The number of rotatable bonds is 10. The number of alkyl halides is 1. The van der Waals surface area contributed by atoms with Crippen LogP contribution in [0.1, 0.15) is 24.5 Å². The molecule has 0 radical (unpaired) electrons. The normalized spacial score (nSPS) is 11.9. The monoisotopic (exact) mass is 448 g/mol. The zero-order valence-corrected chi connectivity index (χ0v) is 17.5. The fourth-order valence-electron chi connectivity index (χ4n) is 2.82. The fraction of sp³-hybridized carbons (Fsp3) is 0.333. The summed E-state index contributed by atoms with van der Waals surface area (Å²) < 4.78 is 39.8. The summed E-state index contributed by atoms with van der Waals surface area (Å²) >= 11 is 0. The third-order valence-electron chi connectivity index (χ3n) is 4.56. The number of carbonyl (C=O) groups is 1. The first-order chi connectivity index (χ1) is 15.3. The fourth-order valence-corrected chi connectivity index (χ4v) is 2.82. The number of benzene rings is 2. The Bertz CT molecular complexity index is 1160. The quantitative estimate of drug-likeness (QED) is 0.508. The Morgan fingerprint density at radius 1 is 1.22 bits per heavy atom. The van der Waals surface area contributed by atoms with Gasteiger partial charge in [0.15, 0.2) is 11.9 Å². The van der Waals surface area contributed by atoms with Crippen molar-refractivity contribution in [2.75, 3.05) is 6.67 Å². The van der Waals surface area contributed by atoms with Crippen LogP contribution >= 0.6 is 0 Å². The molecule has 1 N–H and O–H groups in total. The Morgan fingerprint density at radius 2 is 2.00 bits per heavy atom. The summed E-state index contributed by atoms with van der Waals surface area (Å²) in [4.78, 5) is 23.3. The number of nitrogens with zero attached hydrogens (tertiary/aromatic N) is 4. The van der Waals surface area contributed by atoms with Crippen LogP contribution in [-0.2, 0) is 17.9 Å². The van der Waals surface area contributed by atoms with Gasteiger partial charge in [-0.15, -0.1) is 0 Å². The topological polar surface area (TPSA) is 108 Å². The van der Waals surface area contributed by atoms with Gasteiger partial charge in [0.25, 0.3) is 0 Å². The second kappa shape index (κ2) is 10.0. The number of halogens is 2. The van der Waals surface area contributed by atoms with E-state index in [-0.39, 0.29) is 31.0 Å². The summed E-state index contributed by atoms with van der Waals surface area (Å²) in [5, 5.41) is 16.3. The molecule has 0 aliphatic carbocycles. The predicted molar refractivity (Wildman–Crippen MR) is 109 cm³/mol. The molecule has 1 unspecified atom stereocenters. The molecule has 0 amide bonds. The van der Waals surface area contributed by atoms with Gasteiger partial charge >= 0.3 is 11.7 Å². The summed E-state index contributed by atoms with van der Waals surface area (Å²) in [5.74, 6) is -1.33. The van der Waals surface area contributed by atoms with Gasteiger partial charge in [0.1, 0.15) is 23.8 Å². The zero-order valence-electron chi connectivity index (χ0n) is 17.5. The molecule has 1 aromatic heterocycles. The Kier molecular flexibility index (Phi) is 7.18. The highest BCUT2D eigenvalue weighted by Gasteiger charge is 2.17. The van der Waals surface area contributed by atoms with Crippen molar-refractivity contribution in [3.63, 3.8) is 0 Å². The first kappa shape index (κ1) is 22.9. The smallest absolute Gasteiger partial charge is 0.368 e. The van der Waals surface area contributed by atoms with Gasteiger partial charge in [-0.05, 0) is 54.5 Å². The van der Waals surface area contributed by atoms with Crippen LogP contribution < -0.4 is 15.2 Å². The average Bonchev–Trinajstić information content (AvgIpc) is 3.11. The molecule has 2 aromatic carbocycles. The molecule has 9 nitrogen and oxygen atoms in total. The lowest BCUT2D eigenvalue weighted by Gasteiger charge is -2.16. The number of hydrogen-bond donors (Lipinski definition) is 1. The molecule has 11 heteroatoms. The maximum Gasteiger partial charge on any atom is 0.368 e. The number of hydrogen-bond acceptors (Lipinski definition) is 6. The Labute approximate surface area is 181 Å². The molecule has 1 heterocycles. The van der Waals surface area contributed by atoms with Gasteiger partial charge in [0, 0.05) is 11.6 Å². The molecular weight excluding hydrogens is 426 g/mol. The van der Waals surface area contributed by atoms with Crippen LogP contribution in [0.25, 0.3) is 5.69 Å². The SMILES string of the molecule is Cc1ccc(COc2ccc(-n3nnn(CCCF)c3=O)c(F)c2)c(OC(C)C(=O)O)c1. The number of ether oxygens (including phenoxy) is 2. The van der Waals surface area contributed by atoms with E-state index < -0.39 is 30.3 Å². The summed E-state index contributed by atoms with van der Waals surface area (Å²) in [6, 6.07) is 9.12. The number of aliphatic carboxylic acids is 1. The Morgan fingerprint density at radius 3 is 2.69 bits per heavy atom. The van der Waals surface area contributed by atoms with E-state index in [4.69, 9.17) is 14.6 Å². The third-order valence-corrected chi connectivity index (χ3v) is 4.56. The van der Waals surface area contributed by atoms with Crippen molar-refractivity contribution < 1.29 is 28.2 Å². The van der Waals surface area contributed by atoms with Gasteiger partial charge < -0.3 is 14.6 Å². The predicted octanol–water partition coefficient (Wildman–Crippen LogP) is 2.67. The van der Waals surface area contributed by atoms with Crippen LogP contribution in [0.15, 0.2) is 41.2 Å². The van der Waals surface area contributed by atoms with E-state index in [0.29, 0.717) is 11.3 Å². The molecule has 3 rings (SSSR count). The number of carboxylic acids is 1. The Balaban J connectivity index is 1.76. The maximum absolute atomic E-state index is 14.6. The van der Waals surface area contributed by atoms with Gasteiger partial charge in [-0.2, -0.15) is 9.36 Å². The van der Waals surface area contributed by atoms with Crippen LogP contribution in [0.3, 0.4) is 0 Å². The molecule has 0 aliphatic heterocycles. The lowest BCUT2D eigenvalue weighted by Crippen LogP contribution is -2.25. The lowest BCUT2D eigenvalue weighted by molar-refractivity contribution is -0.144. The van der Waals surface area contributed by atoms with E-state index in [1.165, 1.54) is 19.1 Å². The number of tetrazole rings is 1. The number of carboxylic acid groups (broad SMARTS) is 1.